The summed E-state index contributed by atoms with van der Waals surface area (Å²) in [5.74, 6) is 0.555. The van der Waals surface area contributed by atoms with E-state index in [0.29, 0.717) is 19.0 Å². The number of rotatable bonds is 3. The van der Waals surface area contributed by atoms with E-state index >= 15 is 0 Å². The molecule has 25 heavy (non-hydrogen) atoms. The number of benzene rings is 1. The van der Waals surface area contributed by atoms with Gasteiger partial charge in [0.25, 0.3) is 0 Å². The minimum atomic E-state index is -0.0679. The smallest absolute Gasteiger partial charge is 0.321 e. The van der Waals surface area contributed by atoms with Crippen molar-refractivity contribution in [1.29, 1.82) is 0 Å². The van der Waals surface area contributed by atoms with E-state index in [1.807, 2.05) is 42.5 Å². The average Bonchev–Trinajstić information content (AvgIpc) is 3.07. The lowest BCUT2D eigenvalue weighted by molar-refractivity contribution is 0.252. The number of carbonyl (C=O) groups is 1. The van der Waals surface area contributed by atoms with Crippen molar-refractivity contribution in [2.24, 2.45) is 0 Å². The minimum absolute atomic E-state index is 0.0679. The van der Waals surface area contributed by atoms with Gasteiger partial charge in [0.2, 0.25) is 5.88 Å². The van der Waals surface area contributed by atoms with Gasteiger partial charge < -0.3 is 10.1 Å². The molecule has 4 rings (SSSR count). The number of fused-ring (bicyclic) bond motifs is 1. The van der Waals surface area contributed by atoms with Crippen molar-refractivity contribution < 1.29 is 9.53 Å². The Balaban J connectivity index is 1.82. The van der Waals surface area contributed by atoms with Crippen LogP contribution in [-0.4, -0.2) is 36.2 Å². The quantitative estimate of drug-likeness (QED) is 0.799. The molecule has 2 amide bonds. The van der Waals surface area contributed by atoms with Crippen LogP contribution in [0.4, 0.5) is 10.5 Å². The lowest BCUT2D eigenvalue weighted by Crippen LogP contribution is -2.27. The second kappa shape index (κ2) is 6.05. The van der Waals surface area contributed by atoms with Crippen LogP contribution in [0.5, 0.6) is 5.88 Å². The van der Waals surface area contributed by atoms with Gasteiger partial charge in [-0.3, -0.25) is 4.90 Å². The number of anilines is 1. The first-order valence-corrected chi connectivity index (χ1v) is 8.14. The topological polar surface area (TPSA) is 67.3 Å². The van der Waals surface area contributed by atoms with Crippen LogP contribution in [-0.2, 0) is 0 Å². The highest BCUT2D eigenvalue weighted by Gasteiger charge is 2.21. The zero-order chi connectivity index (χ0) is 17.4. The number of pyridine rings is 2. The van der Waals surface area contributed by atoms with Gasteiger partial charge >= 0.3 is 6.03 Å². The van der Waals surface area contributed by atoms with Crippen LogP contribution in [0.15, 0.2) is 42.5 Å². The van der Waals surface area contributed by atoms with Gasteiger partial charge in [0.15, 0.2) is 0 Å². The molecule has 126 valence electrons. The molecule has 6 heteroatoms. The highest BCUT2D eigenvalue weighted by atomic mass is 16.5. The lowest BCUT2D eigenvalue weighted by Gasteiger charge is -2.15. The van der Waals surface area contributed by atoms with Gasteiger partial charge in [0.1, 0.15) is 0 Å². The van der Waals surface area contributed by atoms with Crippen molar-refractivity contribution in [2.45, 2.75) is 6.92 Å². The fraction of sp³-hybridized carbons (Fsp3) is 0.211. The molecular weight excluding hydrogens is 316 g/mol. The van der Waals surface area contributed by atoms with Crippen LogP contribution in [0.2, 0.25) is 0 Å². The Kier molecular flexibility index (Phi) is 3.72. The number of nitrogens with zero attached hydrogens (tertiary/aromatic N) is 3. The molecule has 0 radical (unpaired) electrons. The summed E-state index contributed by atoms with van der Waals surface area (Å²) in [7, 11) is 1.60. The Labute approximate surface area is 145 Å². The van der Waals surface area contributed by atoms with Crippen LogP contribution < -0.4 is 15.0 Å². The van der Waals surface area contributed by atoms with Crippen molar-refractivity contribution in [3.8, 4) is 17.3 Å². The third-order valence-electron chi connectivity index (χ3n) is 4.36. The first-order valence-electron chi connectivity index (χ1n) is 8.14. The summed E-state index contributed by atoms with van der Waals surface area (Å²) < 4.78 is 5.20. The van der Waals surface area contributed by atoms with Gasteiger partial charge in [-0.15, -0.1) is 0 Å². The average molecular weight is 334 g/mol. The van der Waals surface area contributed by atoms with Crippen molar-refractivity contribution in [1.82, 2.24) is 15.3 Å². The maximum Gasteiger partial charge on any atom is 0.321 e. The number of nitrogens with one attached hydrogen (secondary N) is 1. The number of hydrogen-bond acceptors (Lipinski definition) is 4. The van der Waals surface area contributed by atoms with Crippen LogP contribution in [0, 0.1) is 6.92 Å². The molecule has 0 aliphatic carbocycles. The van der Waals surface area contributed by atoms with Gasteiger partial charge in [-0.1, -0.05) is 12.1 Å². The van der Waals surface area contributed by atoms with Gasteiger partial charge in [-0.2, -0.15) is 0 Å². The fourth-order valence-corrected chi connectivity index (χ4v) is 3.08. The molecule has 1 aromatic carbocycles. The van der Waals surface area contributed by atoms with Gasteiger partial charge in [0, 0.05) is 30.2 Å². The van der Waals surface area contributed by atoms with Crippen molar-refractivity contribution in [3.05, 3.63) is 48.0 Å². The normalized spacial score (nSPS) is 14.0. The first-order chi connectivity index (χ1) is 12.2. The van der Waals surface area contributed by atoms with E-state index in [1.54, 1.807) is 12.0 Å². The summed E-state index contributed by atoms with van der Waals surface area (Å²) in [4.78, 5) is 22.9. The molecule has 1 saturated heterocycles. The Morgan fingerprint density at radius 3 is 2.76 bits per heavy atom. The summed E-state index contributed by atoms with van der Waals surface area (Å²) in [5.41, 5.74) is 4.35. The van der Waals surface area contributed by atoms with E-state index in [0.717, 1.165) is 33.5 Å². The van der Waals surface area contributed by atoms with E-state index < -0.39 is 0 Å². The molecule has 0 bridgehead atoms. The van der Waals surface area contributed by atoms with E-state index in [4.69, 9.17) is 9.72 Å². The van der Waals surface area contributed by atoms with E-state index in [-0.39, 0.29) is 6.03 Å². The van der Waals surface area contributed by atoms with Crippen LogP contribution in [0.1, 0.15) is 5.56 Å². The predicted octanol–water partition coefficient (Wildman–Crippen LogP) is 3.14. The van der Waals surface area contributed by atoms with Crippen LogP contribution in [0.3, 0.4) is 0 Å². The minimum Gasteiger partial charge on any atom is -0.481 e. The highest BCUT2D eigenvalue weighted by Crippen LogP contribution is 2.28. The molecular formula is C19H18N4O2. The zero-order valence-corrected chi connectivity index (χ0v) is 14.1. The molecule has 1 aliphatic rings. The number of urea groups is 1. The zero-order valence-electron chi connectivity index (χ0n) is 14.1. The maximum atomic E-state index is 11.9. The second-order valence-electron chi connectivity index (χ2n) is 5.97. The molecule has 3 aromatic rings. The SMILES string of the molecule is COc1cccc(-c2cc(C)c3ccc(N4CCNC4=O)cc3n2)n1. The predicted molar refractivity (Wildman–Crippen MR) is 97.0 cm³/mol. The van der Waals surface area contributed by atoms with Gasteiger partial charge in [-0.05, 0) is 36.8 Å². The van der Waals surface area contributed by atoms with E-state index in [1.165, 1.54) is 0 Å². The van der Waals surface area contributed by atoms with E-state index in [9.17, 15) is 4.79 Å². The molecule has 0 spiro atoms. The summed E-state index contributed by atoms with van der Waals surface area (Å²) in [6.07, 6.45) is 0. The van der Waals surface area contributed by atoms with Crippen molar-refractivity contribution in [2.75, 3.05) is 25.1 Å². The molecule has 1 N–H and O–H groups in total. The van der Waals surface area contributed by atoms with Crippen LogP contribution >= 0.6 is 0 Å². The summed E-state index contributed by atoms with van der Waals surface area (Å²) in [6.45, 7) is 3.38. The monoisotopic (exact) mass is 334 g/mol. The number of aromatic nitrogens is 2. The number of methoxy groups -OCH3 is 1. The molecule has 1 fully saturated rings. The standard InChI is InChI=1S/C19H18N4O2/c1-12-10-17(15-4-3-5-18(22-15)25-2)21-16-11-13(6-7-14(12)16)23-9-8-20-19(23)24/h3-7,10-11H,8-9H2,1-2H3,(H,20,24). The number of ether oxygens (including phenoxy) is 1. The van der Waals surface area contributed by atoms with Crippen molar-refractivity contribution in [3.63, 3.8) is 0 Å². The number of carbonyl (C=O) groups excluding carboxylic acids is 1. The molecule has 6 nitrogen and oxygen atoms in total. The molecule has 2 aromatic heterocycles. The third-order valence-corrected chi connectivity index (χ3v) is 4.36. The maximum absolute atomic E-state index is 11.9. The molecule has 1 aliphatic heterocycles. The van der Waals surface area contributed by atoms with Gasteiger partial charge in [-0.25, -0.2) is 14.8 Å². The third kappa shape index (κ3) is 2.76. The first kappa shape index (κ1) is 15.4. The van der Waals surface area contributed by atoms with E-state index in [2.05, 4.69) is 17.2 Å². The van der Waals surface area contributed by atoms with Gasteiger partial charge in [0.05, 0.1) is 24.0 Å². The van der Waals surface area contributed by atoms with Crippen molar-refractivity contribution >= 4 is 22.6 Å². The number of hydrogen-bond donors (Lipinski definition) is 1. The molecule has 0 unspecified atom stereocenters. The largest absolute Gasteiger partial charge is 0.481 e. The summed E-state index contributed by atoms with van der Waals surface area (Å²) in [5, 5.41) is 3.88. The number of amides is 2. The summed E-state index contributed by atoms with van der Waals surface area (Å²) in [6, 6.07) is 13.5. The fourth-order valence-electron chi connectivity index (χ4n) is 3.08. The molecule has 3 heterocycles. The van der Waals surface area contributed by atoms with Crippen LogP contribution in [0.25, 0.3) is 22.3 Å². The Hall–Kier alpha value is -3.15. The number of aryl methyl sites for hydroxylation is 1. The Morgan fingerprint density at radius 2 is 2.00 bits per heavy atom. The lowest BCUT2D eigenvalue weighted by atomic mass is 10.1. The highest BCUT2D eigenvalue weighted by molar-refractivity contribution is 5.97. The Morgan fingerprint density at radius 1 is 1.12 bits per heavy atom. The summed E-state index contributed by atoms with van der Waals surface area (Å²) >= 11 is 0. The Bertz CT molecular complexity index is 971. The second-order valence-corrected chi connectivity index (χ2v) is 5.97. The molecule has 0 saturated carbocycles. The molecule has 0 atom stereocenters.